The largest absolute Gasteiger partial charge is 0.494 e. The van der Waals surface area contributed by atoms with E-state index in [4.69, 9.17) is 20.8 Å². The van der Waals surface area contributed by atoms with Crippen molar-refractivity contribution in [1.29, 1.82) is 0 Å². The third kappa shape index (κ3) is 4.27. The normalized spacial score (nSPS) is 18.9. The molecule has 7 heteroatoms. The molecule has 37 heavy (non-hydrogen) atoms. The van der Waals surface area contributed by atoms with Gasteiger partial charge in [0.25, 0.3) is 0 Å². The Morgan fingerprint density at radius 3 is 2.57 bits per heavy atom. The van der Waals surface area contributed by atoms with Gasteiger partial charge in [-0.25, -0.2) is 0 Å². The van der Waals surface area contributed by atoms with E-state index < -0.39 is 6.04 Å². The molecular weight excluding hydrogens is 488 g/mol. The summed E-state index contributed by atoms with van der Waals surface area (Å²) in [4.78, 5) is 27.4. The van der Waals surface area contributed by atoms with Crippen LogP contribution in [0.4, 0.5) is 11.4 Å². The second-order valence-corrected chi connectivity index (χ2v) is 9.77. The van der Waals surface area contributed by atoms with Gasteiger partial charge in [0, 0.05) is 22.7 Å². The number of nitrogens with one attached hydrogen (secondary N) is 2. The Morgan fingerprint density at radius 1 is 1.00 bits per heavy atom. The van der Waals surface area contributed by atoms with Gasteiger partial charge in [-0.2, -0.15) is 0 Å². The van der Waals surface area contributed by atoms with E-state index in [0.717, 1.165) is 28.4 Å². The summed E-state index contributed by atoms with van der Waals surface area (Å²) in [7, 11) is 0. The molecule has 0 spiro atoms. The Balaban J connectivity index is 1.46. The van der Waals surface area contributed by atoms with Crippen molar-refractivity contribution < 1.29 is 13.9 Å². The Hall–Kier alpha value is -4.03. The highest BCUT2D eigenvalue weighted by atomic mass is 35.5. The molecule has 2 atom stereocenters. The molecule has 2 aliphatic rings. The van der Waals surface area contributed by atoms with Gasteiger partial charge in [0.2, 0.25) is 0 Å². The zero-order chi connectivity index (χ0) is 25.5. The lowest BCUT2D eigenvalue weighted by Crippen LogP contribution is -2.29. The van der Waals surface area contributed by atoms with E-state index in [1.165, 1.54) is 6.26 Å². The Morgan fingerprint density at radius 2 is 1.78 bits per heavy atom. The van der Waals surface area contributed by atoms with Crippen LogP contribution in [0.3, 0.4) is 0 Å². The average molecular weight is 513 g/mol. The number of allylic oxidation sites excluding steroid dienone is 1. The third-order valence-electron chi connectivity index (χ3n) is 7.04. The van der Waals surface area contributed by atoms with Crippen molar-refractivity contribution in [2.45, 2.75) is 31.7 Å². The molecule has 1 aliphatic carbocycles. The highest BCUT2D eigenvalue weighted by Gasteiger charge is 2.37. The van der Waals surface area contributed by atoms with E-state index >= 15 is 0 Å². The fraction of sp³-hybridized carbons (Fsp3) is 0.200. The lowest BCUT2D eigenvalue weighted by Gasteiger charge is -2.29. The predicted octanol–water partition coefficient (Wildman–Crippen LogP) is 6.82. The van der Waals surface area contributed by atoms with Crippen molar-refractivity contribution >= 4 is 39.7 Å². The lowest BCUT2D eigenvalue weighted by atomic mass is 9.78. The molecule has 2 unspecified atom stereocenters. The number of fused-ring (bicyclic) bond motifs is 2. The Kier molecular flexibility index (Phi) is 5.97. The lowest BCUT2D eigenvalue weighted by molar-refractivity contribution is -0.116. The zero-order valence-electron chi connectivity index (χ0n) is 20.2. The second kappa shape index (κ2) is 9.45. The van der Waals surface area contributed by atoms with Crippen molar-refractivity contribution in [3.8, 4) is 5.75 Å². The summed E-state index contributed by atoms with van der Waals surface area (Å²) in [6, 6.07) is 20.0. The van der Waals surface area contributed by atoms with Crippen LogP contribution in [0.1, 0.15) is 42.9 Å². The molecular formula is C30H25ClN2O4. The molecule has 6 rings (SSSR count). The smallest absolute Gasteiger partial charge is 0.198 e. The predicted molar refractivity (Wildman–Crippen MR) is 146 cm³/mol. The van der Waals surface area contributed by atoms with E-state index in [1.54, 1.807) is 18.2 Å². The summed E-state index contributed by atoms with van der Waals surface area (Å²) in [5.41, 5.74) is 4.71. The van der Waals surface area contributed by atoms with Crippen LogP contribution in [0.5, 0.6) is 5.75 Å². The number of carbonyl (C=O) groups is 1. The van der Waals surface area contributed by atoms with E-state index in [-0.39, 0.29) is 17.1 Å². The number of rotatable bonds is 4. The second-order valence-electron chi connectivity index (χ2n) is 9.33. The minimum absolute atomic E-state index is 0.00663. The SMILES string of the molecule is CCOc1ccc(C2CC(=O)C3=C(C2)Nc2ccccc2NC3c2coc3ccc(Cl)cc3c2=O)cc1. The van der Waals surface area contributed by atoms with Crippen LogP contribution in [0.2, 0.25) is 5.02 Å². The van der Waals surface area contributed by atoms with Crippen LogP contribution in [0.25, 0.3) is 11.0 Å². The van der Waals surface area contributed by atoms with Crippen LogP contribution in [0.15, 0.2) is 93.5 Å². The molecule has 1 aliphatic heterocycles. The van der Waals surface area contributed by atoms with Gasteiger partial charge < -0.3 is 19.8 Å². The average Bonchev–Trinajstić information content (AvgIpc) is 3.07. The third-order valence-corrected chi connectivity index (χ3v) is 7.28. The summed E-state index contributed by atoms with van der Waals surface area (Å²) in [6.07, 6.45) is 2.43. The zero-order valence-corrected chi connectivity index (χ0v) is 21.0. The first kappa shape index (κ1) is 23.4. The van der Waals surface area contributed by atoms with Gasteiger partial charge in [0.05, 0.1) is 35.0 Å². The fourth-order valence-corrected chi connectivity index (χ4v) is 5.45. The topological polar surface area (TPSA) is 80.6 Å². The minimum atomic E-state index is -0.667. The first-order valence-electron chi connectivity index (χ1n) is 12.3. The van der Waals surface area contributed by atoms with Crippen molar-refractivity contribution in [2.75, 3.05) is 17.2 Å². The molecule has 2 heterocycles. The maximum absolute atomic E-state index is 13.8. The monoisotopic (exact) mass is 512 g/mol. The highest BCUT2D eigenvalue weighted by Crippen LogP contribution is 2.44. The molecule has 4 aromatic rings. The summed E-state index contributed by atoms with van der Waals surface area (Å²) in [5, 5.41) is 7.79. The van der Waals surface area contributed by atoms with Crippen LogP contribution in [0, 0.1) is 0 Å². The number of hydrogen-bond donors (Lipinski definition) is 2. The van der Waals surface area contributed by atoms with Gasteiger partial charge in [-0.3, -0.25) is 9.59 Å². The van der Waals surface area contributed by atoms with Crippen molar-refractivity contribution in [3.05, 3.63) is 111 Å². The maximum atomic E-state index is 13.8. The summed E-state index contributed by atoms with van der Waals surface area (Å²) in [5.74, 6) is 0.804. The quantitative estimate of drug-likeness (QED) is 0.312. The van der Waals surface area contributed by atoms with Gasteiger partial charge in [-0.15, -0.1) is 0 Å². The molecule has 1 aromatic heterocycles. The van der Waals surface area contributed by atoms with Crippen LogP contribution in [-0.2, 0) is 4.79 Å². The molecule has 0 bridgehead atoms. The molecule has 3 aromatic carbocycles. The van der Waals surface area contributed by atoms with Crippen molar-refractivity contribution in [2.24, 2.45) is 0 Å². The molecule has 0 fully saturated rings. The first-order valence-corrected chi connectivity index (χ1v) is 12.7. The van der Waals surface area contributed by atoms with E-state index in [1.807, 2.05) is 55.5 Å². The highest BCUT2D eigenvalue weighted by molar-refractivity contribution is 6.31. The fourth-order valence-electron chi connectivity index (χ4n) is 5.28. The molecule has 2 N–H and O–H groups in total. The number of anilines is 2. The number of ketones is 1. The van der Waals surface area contributed by atoms with Crippen LogP contribution >= 0.6 is 11.6 Å². The number of benzene rings is 3. The molecule has 0 saturated heterocycles. The minimum Gasteiger partial charge on any atom is -0.494 e. The molecule has 0 amide bonds. The molecule has 0 radical (unpaired) electrons. The number of halogens is 1. The number of Topliss-reactive ketones (excluding diaryl/α,β-unsaturated/α-hetero) is 1. The first-order chi connectivity index (χ1) is 18.0. The summed E-state index contributed by atoms with van der Waals surface area (Å²) in [6.45, 7) is 2.55. The van der Waals surface area contributed by atoms with Gasteiger partial charge >= 0.3 is 0 Å². The molecule has 0 saturated carbocycles. The maximum Gasteiger partial charge on any atom is 0.198 e. The summed E-state index contributed by atoms with van der Waals surface area (Å²) >= 11 is 6.18. The van der Waals surface area contributed by atoms with Crippen LogP contribution < -0.4 is 20.8 Å². The van der Waals surface area contributed by atoms with Gasteiger partial charge in [0.15, 0.2) is 11.2 Å². The number of ether oxygens (including phenoxy) is 1. The summed E-state index contributed by atoms with van der Waals surface area (Å²) < 4.78 is 11.4. The number of para-hydroxylation sites is 2. The van der Waals surface area contributed by atoms with E-state index in [9.17, 15) is 9.59 Å². The number of hydrogen-bond acceptors (Lipinski definition) is 6. The van der Waals surface area contributed by atoms with Gasteiger partial charge in [0.1, 0.15) is 17.6 Å². The van der Waals surface area contributed by atoms with Gasteiger partial charge in [-0.1, -0.05) is 35.9 Å². The van der Waals surface area contributed by atoms with Gasteiger partial charge in [-0.05, 0) is 67.3 Å². The van der Waals surface area contributed by atoms with Crippen molar-refractivity contribution in [1.82, 2.24) is 0 Å². The molecule has 186 valence electrons. The Bertz CT molecular complexity index is 1610. The van der Waals surface area contributed by atoms with Crippen LogP contribution in [-0.4, -0.2) is 12.4 Å². The Labute approximate surface area is 218 Å². The van der Waals surface area contributed by atoms with E-state index in [0.29, 0.717) is 46.6 Å². The standard InChI is InChI=1S/C30H25ClN2O4/c1-2-36-20-10-7-17(8-11-20)18-13-25-28(26(34)14-18)29(33-24-6-4-3-5-23(24)32-25)22-16-37-27-12-9-19(31)15-21(27)30(22)35/h3-12,15-16,18,29,32-33H,2,13-14H2,1H3. The number of carbonyl (C=O) groups excluding carboxylic acids is 1. The van der Waals surface area contributed by atoms with E-state index in [2.05, 4.69) is 10.6 Å². The molecule has 6 nitrogen and oxygen atoms in total. The van der Waals surface area contributed by atoms with Crippen molar-refractivity contribution in [3.63, 3.8) is 0 Å².